The number of nitrogens with zero attached hydrogens (tertiary/aromatic N) is 2. The molecule has 4 rings (SSSR count). The van der Waals surface area contributed by atoms with Crippen LogP contribution in [0.15, 0.2) is 72.8 Å². The van der Waals surface area contributed by atoms with E-state index in [1.807, 2.05) is 48.5 Å². The summed E-state index contributed by atoms with van der Waals surface area (Å²) in [7, 11) is -3.70. The Labute approximate surface area is 168 Å². The predicted molar refractivity (Wildman–Crippen MR) is 111 cm³/mol. The van der Waals surface area contributed by atoms with E-state index in [4.69, 9.17) is 23.2 Å². The molecule has 0 atom stereocenters. The average molecular weight is 419 g/mol. The molecule has 1 heterocycles. The van der Waals surface area contributed by atoms with Crippen molar-refractivity contribution >= 4 is 44.8 Å². The van der Waals surface area contributed by atoms with E-state index in [-0.39, 0.29) is 13.1 Å². The lowest BCUT2D eigenvalue weighted by Gasteiger charge is -2.22. The summed E-state index contributed by atoms with van der Waals surface area (Å²) >= 11 is 11.9. The maximum atomic E-state index is 13.3. The highest BCUT2D eigenvalue weighted by Crippen LogP contribution is 2.42. The third kappa shape index (κ3) is 3.50. The molecule has 0 aliphatic carbocycles. The largest absolute Gasteiger partial charge is 0.327 e. The molecule has 0 bridgehead atoms. The van der Waals surface area contributed by atoms with Crippen molar-refractivity contribution in [1.29, 1.82) is 0 Å². The second-order valence-electron chi connectivity index (χ2n) is 6.26. The zero-order valence-electron chi connectivity index (χ0n) is 14.2. The first-order chi connectivity index (χ1) is 12.9. The van der Waals surface area contributed by atoms with Crippen molar-refractivity contribution in [1.82, 2.24) is 0 Å². The van der Waals surface area contributed by atoms with Crippen LogP contribution in [0.3, 0.4) is 0 Å². The first-order valence-corrected chi connectivity index (χ1v) is 10.5. The van der Waals surface area contributed by atoms with Gasteiger partial charge in [-0.3, -0.25) is 0 Å². The number of rotatable bonds is 4. The quantitative estimate of drug-likeness (QED) is 0.579. The van der Waals surface area contributed by atoms with E-state index < -0.39 is 10.2 Å². The minimum absolute atomic E-state index is 0.244. The van der Waals surface area contributed by atoms with Crippen LogP contribution in [0, 0.1) is 0 Å². The van der Waals surface area contributed by atoms with Gasteiger partial charge in [0.1, 0.15) is 0 Å². The molecule has 1 aliphatic rings. The maximum absolute atomic E-state index is 13.3. The Hall–Kier alpha value is -2.21. The van der Waals surface area contributed by atoms with Gasteiger partial charge >= 0.3 is 10.2 Å². The van der Waals surface area contributed by atoms with Crippen LogP contribution in [0.5, 0.6) is 0 Å². The molecule has 3 aromatic carbocycles. The summed E-state index contributed by atoms with van der Waals surface area (Å²) in [4.78, 5) is 0. The highest BCUT2D eigenvalue weighted by Gasteiger charge is 2.39. The lowest BCUT2D eigenvalue weighted by molar-refractivity contribution is 0.588. The van der Waals surface area contributed by atoms with Gasteiger partial charge in [0.2, 0.25) is 0 Å². The Morgan fingerprint density at radius 2 is 1.00 bits per heavy atom. The third-order valence-corrected chi connectivity index (χ3v) is 6.72. The zero-order valence-corrected chi connectivity index (χ0v) is 16.5. The minimum atomic E-state index is -3.70. The van der Waals surface area contributed by atoms with Gasteiger partial charge in [0.15, 0.2) is 0 Å². The van der Waals surface area contributed by atoms with Gasteiger partial charge in [-0.25, -0.2) is 8.61 Å². The van der Waals surface area contributed by atoms with Gasteiger partial charge in [-0.15, -0.1) is 0 Å². The SMILES string of the molecule is O=S1(=O)N(Cc2ccc(Cl)cc2)c2ccccc2N1Cc1ccc(Cl)cc1. The first-order valence-electron chi connectivity index (χ1n) is 8.33. The van der Waals surface area contributed by atoms with Crippen LogP contribution >= 0.6 is 23.2 Å². The van der Waals surface area contributed by atoms with Crippen LogP contribution < -0.4 is 8.61 Å². The number of anilines is 2. The highest BCUT2D eigenvalue weighted by atomic mass is 35.5. The van der Waals surface area contributed by atoms with E-state index in [2.05, 4.69) is 0 Å². The van der Waals surface area contributed by atoms with Crippen LogP contribution in [0.25, 0.3) is 0 Å². The molecular weight excluding hydrogens is 403 g/mol. The number of hydrogen-bond donors (Lipinski definition) is 0. The van der Waals surface area contributed by atoms with Crippen LogP contribution in [-0.4, -0.2) is 8.42 Å². The van der Waals surface area contributed by atoms with Crippen molar-refractivity contribution in [3.05, 3.63) is 94.0 Å². The average Bonchev–Trinajstić information content (AvgIpc) is 2.86. The Bertz CT molecular complexity index is 987. The molecule has 138 valence electrons. The molecule has 0 fully saturated rings. The van der Waals surface area contributed by atoms with Crippen molar-refractivity contribution < 1.29 is 8.42 Å². The number of hydrogen-bond acceptors (Lipinski definition) is 2. The molecule has 1 aliphatic heterocycles. The summed E-state index contributed by atoms with van der Waals surface area (Å²) in [5.41, 5.74) is 3.07. The third-order valence-electron chi connectivity index (χ3n) is 4.46. The Balaban J connectivity index is 1.71. The van der Waals surface area contributed by atoms with E-state index in [0.29, 0.717) is 21.4 Å². The Morgan fingerprint density at radius 3 is 1.37 bits per heavy atom. The van der Waals surface area contributed by atoms with Gasteiger partial charge in [-0.2, -0.15) is 8.42 Å². The smallest absolute Gasteiger partial charge is 0.247 e. The van der Waals surface area contributed by atoms with Gasteiger partial charge in [0, 0.05) is 10.0 Å². The fourth-order valence-corrected chi connectivity index (χ4v) is 5.02. The molecule has 0 N–H and O–H groups in total. The van der Waals surface area contributed by atoms with E-state index in [1.165, 1.54) is 8.61 Å². The fourth-order valence-electron chi connectivity index (χ4n) is 3.10. The van der Waals surface area contributed by atoms with Gasteiger partial charge in [0.25, 0.3) is 0 Å². The standard InChI is InChI=1S/C20H16Cl2N2O2S/c21-17-9-5-15(6-10-17)13-23-19-3-1-2-4-20(19)24(27(23,25)26)14-16-7-11-18(22)12-8-16/h1-12H,13-14H2. The zero-order chi connectivity index (χ0) is 19.0. The van der Waals surface area contributed by atoms with E-state index in [1.54, 1.807) is 24.3 Å². The molecule has 0 aromatic heterocycles. The summed E-state index contributed by atoms with van der Waals surface area (Å²) in [5, 5.41) is 1.24. The first kappa shape index (κ1) is 18.2. The molecule has 0 saturated carbocycles. The van der Waals surface area contributed by atoms with Gasteiger partial charge in [-0.1, -0.05) is 59.6 Å². The highest BCUT2D eigenvalue weighted by molar-refractivity contribution is 7.94. The van der Waals surface area contributed by atoms with Gasteiger partial charge in [0.05, 0.1) is 24.5 Å². The molecule has 27 heavy (non-hydrogen) atoms. The summed E-state index contributed by atoms with van der Waals surface area (Å²) in [6.07, 6.45) is 0. The van der Waals surface area contributed by atoms with E-state index in [0.717, 1.165) is 11.1 Å². The monoisotopic (exact) mass is 418 g/mol. The molecule has 0 amide bonds. The van der Waals surface area contributed by atoms with Crippen LogP contribution in [0.1, 0.15) is 11.1 Å². The van der Waals surface area contributed by atoms with Gasteiger partial charge in [-0.05, 0) is 47.5 Å². The molecule has 3 aromatic rings. The van der Waals surface area contributed by atoms with Crippen LogP contribution in [0.4, 0.5) is 11.4 Å². The molecule has 0 saturated heterocycles. The molecule has 4 nitrogen and oxygen atoms in total. The van der Waals surface area contributed by atoms with Gasteiger partial charge < -0.3 is 0 Å². The summed E-state index contributed by atoms with van der Waals surface area (Å²) in [6.45, 7) is 0.487. The van der Waals surface area contributed by atoms with Crippen LogP contribution in [0.2, 0.25) is 10.0 Å². The van der Waals surface area contributed by atoms with Crippen molar-refractivity contribution in [2.75, 3.05) is 8.61 Å². The number of halogens is 2. The maximum Gasteiger partial charge on any atom is 0.327 e. The van der Waals surface area contributed by atoms with Crippen molar-refractivity contribution in [2.24, 2.45) is 0 Å². The Morgan fingerprint density at radius 1 is 0.630 bits per heavy atom. The number of fused-ring (bicyclic) bond motifs is 1. The predicted octanol–water partition coefficient (Wildman–Crippen LogP) is 5.27. The van der Waals surface area contributed by atoms with E-state index in [9.17, 15) is 8.42 Å². The molecule has 0 spiro atoms. The molecular formula is C20H16Cl2N2O2S. The number of benzene rings is 3. The van der Waals surface area contributed by atoms with Crippen LogP contribution in [-0.2, 0) is 23.3 Å². The van der Waals surface area contributed by atoms with E-state index >= 15 is 0 Å². The minimum Gasteiger partial charge on any atom is -0.247 e. The molecule has 0 radical (unpaired) electrons. The second kappa shape index (κ2) is 7.08. The normalized spacial score (nSPS) is 15.0. The molecule has 0 unspecified atom stereocenters. The Kier molecular flexibility index (Phi) is 4.76. The topological polar surface area (TPSA) is 40.6 Å². The fraction of sp³-hybridized carbons (Fsp3) is 0.100. The lowest BCUT2D eigenvalue weighted by Crippen LogP contribution is -2.37. The molecule has 7 heteroatoms. The van der Waals surface area contributed by atoms with Crippen molar-refractivity contribution in [3.63, 3.8) is 0 Å². The summed E-state index contributed by atoms with van der Waals surface area (Å²) < 4.78 is 29.4. The summed E-state index contributed by atoms with van der Waals surface area (Å²) in [5.74, 6) is 0. The van der Waals surface area contributed by atoms with Crippen molar-refractivity contribution in [2.45, 2.75) is 13.1 Å². The lowest BCUT2D eigenvalue weighted by atomic mass is 10.2. The number of para-hydroxylation sites is 2. The second-order valence-corrected chi connectivity index (χ2v) is 8.91. The van der Waals surface area contributed by atoms with Crippen molar-refractivity contribution in [3.8, 4) is 0 Å². The summed E-state index contributed by atoms with van der Waals surface area (Å²) in [6, 6.07) is 21.7.